The van der Waals surface area contributed by atoms with Crippen molar-refractivity contribution in [1.29, 1.82) is 0 Å². The first-order valence-corrected chi connectivity index (χ1v) is 8.24. The number of halogens is 1. The van der Waals surface area contributed by atoms with Gasteiger partial charge in [0.25, 0.3) is 11.8 Å². The van der Waals surface area contributed by atoms with Crippen LogP contribution < -0.4 is 15.0 Å². The molecule has 0 saturated carbocycles. The van der Waals surface area contributed by atoms with Gasteiger partial charge >= 0.3 is 6.03 Å². The first-order valence-electron chi connectivity index (χ1n) is 7.44. The van der Waals surface area contributed by atoms with E-state index in [-0.39, 0.29) is 11.3 Å². The number of phenols is 1. The van der Waals surface area contributed by atoms with Crippen molar-refractivity contribution in [3.63, 3.8) is 0 Å². The Morgan fingerprint density at radius 3 is 2.42 bits per heavy atom. The van der Waals surface area contributed by atoms with Gasteiger partial charge in [0.05, 0.1) is 17.3 Å². The number of hydrogen-bond acceptors (Lipinski definition) is 5. The summed E-state index contributed by atoms with van der Waals surface area (Å²) in [6.07, 6.45) is 1.35. The number of anilines is 1. The van der Waals surface area contributed by atoms with Crippen LogP contribution in [0.15, 0.2) is 52.5 Å². The molecule has 2 aromatic carbocycles. The lowest BCUT2D eigenvalue weighted by Gasteiger charge is -2.26. The third kappa shape index (κ3) is 3.31. The number of benzene rings is 2. The van der Waals surface area contributed by atoms with Crippen LogP contribution in [-0.4, -0.2) is 30.1 Å². The average Bonchev–Trinajstić information content (AvgIpc) is 2.62. The predicted octanol–water partition coefficient (Wildman–Crippen LogP) is 2.83. The molecular weight excluding hydrogens is 404 g/mol. The first-order chi connectivity index (χ1) is 12.4. The van der Waals surface area contributed by atoms with Crippen molar-refractivity contribution < 1.29 is 24.2 Å². The molecule has 1 heterocycles. The minimum Gasteiger partial charge on any atom is -0.507 e. The van der Waals surface area contributed by atoms with Gasteiger partial charge in [0.1, 0.15) is 17.1 Å². The van der Waals surface area contributed by atoms with E-state index in [1.54, 1.807) is 36.4 Å². The number of methoxy groups -OCH3 is 1. The smallest absolute Gasteiger partial charge is 0.335 e. The van der Waals surface area contributed by atoms with Crippen molar-refractivity contribution in [2.24, 2.45) is 0 Å². The highest BCUT2D eigenvalue weighted by Gasteiger charge is 2.36. The average molecular weight is 417 g/mol. The fraction of sp³-hybridized carbons (Fsp3) is 0.0556. The van der Waals surface area contributed by atoms with Crippen LogP contribution >= 0.6 is 15.9 Å². The van der Waals surface area contributed by atoms with E-state index < -0.39 is 17.8 Å². The van der Waals surface area contributed by atoms with Gasteiger partial charge in [0.15, 0.2) is 0 Å². The maximum absolute atomic E-state index is 12.7. The van der Waals surface area contributed by atoms with Gasteiger partial charge in [-0.1, -0.05) is 6.07 Å². The zero-order valence-corrected chi connectivity index (χ0v) is 15.1. The largest absolute Gasteiger partial charge is 0.507 e. The minimum absolute atomic E-state index is 0.0293. The maximum Gasteiger partial charge on any atom is 0.335 e. The summed E-state index contributed by atoms with van der Waals surface area (Å²) in [5.41, 5.74) is 0.619. The van der Waals surface area contributed by atoms with Crippen molar-refractivity contribution in [2.75, 3.05) is 12.0 Å². The number of carbonyl (C=O) groups excluding carboxylic acids is 3. The van der Waals surface area contributed by atoms with Crippen molar-refractivity contribution in [2.45, 2.75) is 0 Å². The summed E-state index contributed by atoms with van der Waals surface area (Å²) < 4.78 is 5.47. The molecule has 0 spiro atoms. The van der Waals surface area contributed by atoms with Crippen LogP contribution in [-0.2, 0) is 9.59 Å². The van der Waals surface area contributed by atoms with Crippen LogP contribution in [0.3, 0.4) is 0 Å². The van der Waals surface area contributed by atoms with Crippen molar-refractivity contribution in [3.8, 4) is 11.5 Å². The third-order valence-corrected chi connectivity index (χ3v) is 4.35. The van der Waals surface area contributed by atoms with Crippen molar-refractivity contribution in [1.82, 2.24) is 5.32 Å². The molecule has 0 aliphatic carbocycles. The molecule has 7 nitrogen and oxygen atoms in total. The number of ether oxygens (including phenoxy) is 1. The topological polar surface area (TPSA) is 95.9 Å². The van der Waals surface area contributed by atoms with Gasteiger partial charge < -0.3 is 9.84 Å². The van der Waals surface area contributed by atoms with Crippen LogP contribution in [0.25, 0.3) is 6.08 Å². The summed E-state index contributed by atoms with van der Waals surface area (Å²) in [7, 11) is 1.50. The zero-order valence-electron chi connectivity index (χ0n) is 13.5. The molecule has 0 radical (unpaired) electrons. The van der Waals surface area contributed by atoms with Crippen LogP contribution in [0, 0.1) is 0 Å². The molecule has 0 unspecified atom stereocenters. The fourth-order valence-electron chi connectivity index (χ4n) is 2.40. The second-order valence-electron chi connectivity index (χ2n) is 5.37. The van der Waals surface area contributed by atoms with Gasteiger partial charge in [0.2, 0.25) is 0 Å². The molecule has 4 amide bonds. The monoisotopic (exact) mass is 416 g/mol. The molecule has 2 N–H and O–H groups in total. The number of aromatic hydroxyl groups is 1. The van der Waals surface area contributed by atoms with Gasteiger partial charge in [-0.05, 0) is 64.0 Å². The summed E-state index contributed by atoms with van der Waals surface area (Å²) in [5, 5.41) is 11.7. The molecule has 1 fully saturated rings. The second-order valence-corrected chi connectivity index (χ2v) is 6.22. The summed E-state index contributed by atoms with van der Waals surface area (Å²) in [6.45, 7) is 0. The Labute approximate surface area is 157 Å². The number of rotatable bonds is 3. The van der Waals surface area contributed by atoms with Gasteiger partial charge in [-0.25, -0.2) is 9.69 Å². The van der Waals surface area contributed by atoms with E-state index in [9.17, 15) is 19.5 Å². The van der Waals surface area contributed by atoms with E-state index in [2.05, 4.69) is 21.2 Å². The third-order valence-electron chi connectivity index (χ3n) is 3.72. The van der Waals surface area contributed by atoms with Gasteiger partial charge in [-0.2, -0.15) is 0 Å². The molecule has 132 valence electrons. The molecule has 26 heavy (non-hydrogen) atoms. The highest BCUT2D eigenvalue weighted by Crippen LogP contribution is 2.27. The lowest BCUT2D eigenvalue weighted by molar-refractivity contribution is -0.122. The number of carbonyl (C=O) groups is 3. The van der Waals surface area contributed by atoms with Crippen molar-refractivity contribution >= 4 is 45.5 Å². The Morgan fingerprint density at radius 2 is 1.81 bits per heavy atom. The van der Waals surface area contributed by atoms with Gasteiger partial charge in [0, 0.05) is 0 Å². The summed E-state index contributed by atoms with van der Waals surface area (Å²) in [6, 6.07) is 9.99. The second kappa shape index (κ2) is 7.01. The molecule has 3 rings (SSSR count). The number of barbiturate groups is 1. The van der Waals surface area contributed by atoms with Gasteiger partial charge in [-0.15, -0.1) is 0 Å². The Kier molecular flexibility index (Phi) is 4.77. The Balaban J connectivity index is 1.99. The summed E-state index contributed by atoms with van der Waals surface area (Å²) in [5.74, 6) is -0.928. The number of urea groups is 1. The molecule has 0 bridgehead atoms. The van der Waals surface area contributed by atoms with Crippen LogP contribution in [0.2, 0.25) is 0 Å². The van der Waals surface area contributed by atoms with E-state index in [1.807, 2.05) is 0 Å². The number of amides is 4. The zero-order chi connectivity index (χ0) is 18.8. The molecule has 0 aromatic heterocycles. The van der Waals surface area contributed by atoms with Crippen molar-refractivity contribution in [3.05, 3.63) is 58.1 Å². The van der Waals surface area contributed by atoms with Crippen LogP contribution in [0.4, 0.5) is 10.5 Å². The molecule has 1 aliphatic heterocycles. The standard InChI is InChI=1S/C18H13BrN2O5/c1-26-12-5-3-11(4-6-12)21-17(24)13(16(23)20-18(21)25)8-10-2-7-15(22)14(19)9-10/h2-9,22H,1H3,(H,20,23,25)/b13-8+. The lowest BCUT2D eigenvalue weighted by Crippen LogP contribution is -2.54. The first kappa shape index (κ1) is 17.7. The Bertz CT molecular complexity index is 937. The summed E-state index contributed by atoms with van der Waals surface area (Å²) in [4.78, 5) is 37.9. The van der Waals surface area contributed by atoms with E-state index >= 15 is 0 Å². The number of nitrogens with zero attached hydrogens (tertiary/aromatic N) is 1. The molecule has 0 atom stereocenters. The van der Waals surface area contributed by atoms with E-state index in [0.717, 1.165) is 4.90 Å². The van der Waals surface area contributed by atoms with Crippen LogP contribution in [0.1, 0.15) is 5.56 Å². The number of nitrogens with one attached hydrogen (secondary N) is 1. The number of phenolic OH excluding ortho intramolecular Hbond substituents is 1. The fourth-order valence-corrected chi connectivity index (χ4v) is 2.80. The molecule has 1 saturated heterocycles. The highest BCUT2D eigenvalue weighted by molar-refractivity contribution is 9.10. The predicted molar refractivity (Wildman–Crippen MR) is 97.8 cm³/mol. The number of imide groups is 2. The highest BCUT2D eigenvalue weighted by atomic mass is 79.9. The molecular formula is C18H13BrN2O5. The van der Waals surface area contributed by atoms with Gasteiger partial charge in [-0.3, -0.25) is 14.9 Å². The van der Waals surface area contributed by atoms with Crippen LogP contribution in [0.5, 0.6) is 11.5 Å². The molecule has 1 aliphatic rings. The minimum atomic E-state index is -0.825. The normalized spacial score (nSPS) is 16.0. The lowest BCUT2D eigenvalue weighted by atomic mass is 10.1. The summed E-state index contributed by atoms with van der Waals surface area (Å²) >= 11 is 3.17. The quantitative estimate of drug-likeness (QED) is 0.592. The van der Waals surface area contributed by atoms with E-state index in [0.29, 0.717) is 21.5 Å². The van der Waals surface area contributed by atoms with E-state index in [4.69, 9.17) is 4.74 Å². The van der Waals surface area contributed by atoms with E-state index in [1.165, 1.54) is 19.3 Å². The Hall–Kier alpha value is -3.13. The number of hydrogen-bond donors (Lipinski definition) is 2. The maximum atomic E-state index is 12.7. The molecule has 2 aromatic rings. The molecule has 8 heteroatoms. The SMILES string of the molecule is COc1ccc(N2C(=O)NC(=O)/C(=C\c3ccc(O)c(Br)c3)C2=O)cc1. The Morgan fingerprint density at radius 1 is 1.12 bits per heavy atom.